The summed E-state index contributed by atoms with van der Waals surface area (Å²) in [4.78, 5) is 23.9. The molecule has 6 nitrogen and oxygen atoms in total. The van der Waals surface area contributed by atoms with Crippen molar-refractivity contribution in [3.63, 3.8) is 0 Å². The molecule has 0 aromatic heterocycles. The molecule has 1 N–H and O–H groups in total. The molecule has 0 spiro atoms. The van der Waals surface area contributed by atoms with E-state index in [1.54, 1.807) is 0 Å². The van der Waals surface area contributed by atoms with Gasteiger partial charge in [0.25, 0.3) is 5.91 Å². The Kier molecular flexibility index (Phi) is 5.70. The molecular formula is C14H13Cl2F3N2O4. The van der Waals surface area contributed by atoms with Crippen molar-refractivity contribution in [2.45, 2.75) is 24.4 Å². The minimum absolute atomic E-state index is 0.120. The highest BCUT2D eigenvalue weighted by atomic mass is 35.5. The molecule has 2 amide bonds. The maximum atomic E-state index is 12.3. The van der Waals surface area contributed by atoms with E-state index in [4.69, 9.17) is 27.9 Å². The summed E-state index contributed by atoms with van der Waals surface area (Å²) in [7, 11) is 0. The summed E-state index contributed by atoms with van der Waals surface area (Å²) >= 11 is 11.5. The number of nitrogens with zero attached hydrogens (tertiary/aromatic N) is 1. The van der Waals surface area contributed by atoms with Gasteiger partial charge in [-0.1, -0.05) is 6.07 Å². The molecule has 1 fully saturated rings. The highest BCUT2D eigenvalue weighted by Crippen LogP contribution is 2.28. The van der Waals surface area contributed by atoms with Crippen LogP contribution < -0.4 is 15.0 Å². The fraction of sp³-hybridized carbons (Fsp3) is 0.429. The standard InChI is InChI=1S/C14H13Cl2F3N2O4/c1-13(16,6-15)12(23)20-10-11(22)21(7-24-10)8-3-2-4-9(5-8)25-14(17,18)19/h2-5,10H,6-7H2,1H3,(H,20,23). The first-order valence-corrected chi connectivity index (χ1v) is 7.79. The van der Waals surface area contributed by atoms with E-state index in [-0.39, 0.29) is 18.3 Å². The predicted molar refractivity (Wildman–Crippen MR) is 83.5 cm³/mol. The number of hydrogen-bond donors (Lipinski definition) is 1. The lowest BCUT2D eigenvalue weighted by Gasteiger charge is -2.20. The lowest BCUT2D eigenvalue weighted by atomic mass is 10.2. The smallest absolute Gasteiger partial charge is 0.406 e. The molecule has 11 heteroatoms. The molecule has 1 heterocycles. The van der Waals surface area contributed by atoms with Crippen molar-refractivity contribution in [1.82, 2.24) is 5.32 Å². The minimum atomic E-state index is -4.85. The van der Waals surface area contributed by atoms with Crippen molar-refractivity contribution in [1.29, 1.82) is 0 Å². The van der Waals surface area contributed by atoms with Gasteiger partial charge in [-0.3, -0.25) is 14.5 Å². The monoisotopic (exact) mass is 400 g/mol. The van der Waals surface area contributed by atoms with Gasteiger partial charge in [0.1, 0.15) is 17.4 Å². The van der Waals surface area contributed by atoms with Gasteiger partial charge in [0.05, 0.1) is 5.88 Å². The molecule has 2 unspecified atom stereocenters. The molecule has 1 aliphatic rings. The molecule has 25 heavy (non-hydrogen) atoms. The summed E-state index contributed by atoms with van der Waals surface area (Å²) < 4.78 is 45.8. The van der Waals surface area contributed by atoms with Crippen LogP contribution in [0.5, 0.6) is 5.75 Å². The molecule has 138 valence electrons. The van der Waals surface area contributed by atoms with Crippen LogP contribution in [0.2, 0.25) is 0 Å². The second-order valence-electron chi connectivity index (χ2n) is 5.29. The zero-order valence-electron chi connectivity index (χ0n) is 12.8. The van der Waals surface area contributed by atoms with Crippen molar-refractivity contribution < 1.29 is 32.2 Å². The number of nitrogens with one attached hydrogen (secondary N) is 1. The average molecular weight is 401 g/mol. The number of halogens is 5. The first kappa shape index (κ1) is 19.6. The number of alkyl halides is 5. The highest BCUT2D eigenvalue weighted by molar-refractivity contribution is 6.39. The molecular weight excluding hydrogens is 388 g/mol. The van der Waals surface area contributed by atoms with E-state index in [9.17, 15) is 22.8 Å². The van der Waals surface area contributed by atoms with Gasteiger partial charge in [-0.25, -0.2) is 0 Å². The van der Waals surface area contributed by atoms with Crippen LogP contribution in [0, 0.1) is 0 Å². The van der Waals surface area contributed by atoms with Crippen LogP contribution in [0.25, 0.3) is 0 Å². The summed E-state index contributed by atoms with van der Waals surface area (Å²) in [6.07, 6.45) is -6.17. The van der Waals surface area contributed by atoms with Crippen LogP contribution in [-0.2, 0) is 14.3 Å². The minimum Gasteiger partial charge on any atom is -0.406 e. The third-order valence-electron chi connectivity index (χ3n) is 3.21. The Morgan fingerprint density at radius 1 is 1.48 bits per heavy atom. The van der Waals surface area contributed by atoms with Crippen LogP contribution >= 0.6 is 23.2 Å². The normalized spacial score (nSPS) is 20.3. The van der Waals surface area contributed by atoms with E-state index in [2.05, 4.69) is 10.1 Å². The fourth-order valence-corrected chi connectivity index (χ4v) is 2.09. The zero-order chi connectivity index (χ0) is 18.8. The number of carbonyl (C=O) groups is 2. The zero-order valence-corrected chi connectivity index (χ0v) is 14.3. The van der Waals surface area contributed by atoms with E-state index in [1.807, 2.05) is 0 Å². The highest BCUT2D eigenvalue weighted by Gasteiger charge is 2.39. The number of carbonyl (C=O) groups excluding carboxylic acids is 2. The van der Waals surface area contributed by atoms with Gasteiger partial charge in [0.15, 0.2) is 0 Å². The maximum Gasteiger partial charge on any atom is 0.573 e. The van der Waals surface area contributed by atoms with Crippen molar-refractivity contribution in [3.8, 4) is 5.75 Å². The average Bonchev–Trinajstić information content (AvgIpc) is 2.87. The van der Waals surface area contributed by atoms with E-state index in [0.717, 1.165) is 17.0 Å². The Morgan fingerprint density at radius 2 is 2.16 bits per heavy atom. The van der Waals surface area contributed by atoms with Gasteiger partial charge < -0.3 is 14.8 Å². The van der Waals surface area contributed by atoms with Gasteiger partial charge in [0.2, 0.25) is 12.1 Å². The van der Waals surface area contributed by atoms with Crippen LogP contribution in [-0.4, -0.2) is 41.9 Å². The second-order valence-corrected chi connectivity index (χ2v) is 6.39. The second kappa shape index (κ2) is 7.27. The summed E-state index contributed by atoms with van der Waals surface area (Å²) in [5.41, 5.74) is 0.120. The first-order valence-electron chi connectivity index (χ1n) is 6.88. The third kappa shape index (κ3) is 4.90. The van der Waals surface area contributed by atoms with Gasteiger partial charge in [0, 0.05) is 11.8 Å². The summed E-state index contributed by atoms with van der Waals surface area (Å²) in [6, 6.07) is 4.82. The number of anilines is 1. The third-order valence-corrected chi connectivity index (χ3v) is 4.19. The number of rotatable bonds is 5. The van der Waals surface area contributed by atoms with E-state index >= 15 is 0 Å². The predicted octanol–water partition coefficient (Wildman–Crippen LogP) is 2.58. The number of ether oxygens (including phenoxy) is 2. The van der Waals surface area contributed by atoms with Gasteiger partial charge in [-0.05, 0) is 19.1 Å². The van der Waals surface area contributed by atoms with E-state index in [1.165, 1.54) is 19.1 Å². The maximum absolute atomic E-state index is 12.3. The molecule has 1 aromatic carbocycles. The quantitative estimate of drug-likeness (QED) is 0.771. The lowest BCUT2D eigenvalue weighted by molar-refractivity contribution is -0.274. The number of amides is 2. The Labute approximate surface area is 150 Å². The molecule has 0 aliphatic carbocycles. The molecule has 1 aromatic rings. The van der Waals surface area contributed by atoms with Crippen molar-refractivity contribution in [2.24, 2.45) is 0 Å². The van der Waals surface area contributed by atoms with Crippen LogP contribution in [0.4, 0.5) is 18.9 Å². The fourth-order valence-electron chi connectivity index (χ4n) is 1.91. The topological polar surface area (TPSA) is 67.9 Å². The Hall–Kier alpha value is -1.71. The molecule has 2 atom stereocenters. The first-order chi connectivity index (χ1) is 11.5. The van der Waals surface area contributed by atoms with Crippen molar-refractivity contribution >= 4 is 40.7 Å². The summed E-state index contributed by atoms with van der Waals surface area (Å²) in [5, 5.41) is 2.29. The van der Waals surface area contributed by atoms with Gasteiger partial charge in [-0.2, -0.15) is 0 Å². The van der Waals surface area contributed by atoms with E-state index < -0.39 is 35.0 Å². The Morgan fingerprint density at radius 3 is 2.76 bits per heavy atom. The van der Waals surface area contributed by atoms with Crippen LogP contribution in [0.1, 0.15) is 6.92 Å². The molecule has 1 saturated heterocycles. The molecule has 0 radical (unpaired) electrons. The SMILES string of the molecule is CC(Cl)(CCl)C(=O)NC1OCN(c2cccc(OC(F)(F)F)c2)C1=O. The van der Waals surface area contributed by atoms with Crippen molar-refractivity contribution in [3.05, 3.63) is 24.3 Å². The largest absolute Gasteiger partial charge is 0.573 e. The Bertz CT molecular complexity index is 670. The Balaban J connectivity index is 2.09. The summed E-state index contributed by atoms with van der Waals surface area (Å²) in [5.74, 6) is -2.05. The number of benzene rings is 1. The van der Waals surface area contributed by atoms with E-state index in [0.29, 0.717) is 0 Å². The molecule has 2 rings (SSSR count). The molecule has 1 aliphatic heterocycles. The summed E-state index contributed by atoms with van der Waals surface area (Å²) in [6.45, 7) is 1.10. The van der Waals surface area contributed by atoms with Gasteiger partial charge >= 0.3 is 6.36 Å². The van der Waals surface area contributed by atoms with Crippen LogP contribution in [0.15, 0.2) is 24.3 Å². The lowest BCUT2D eigenvalue weighted by Crippen LogP contribution is -2.49. The van der Waals surface area contributed by atoms with Gasteiger partial charge in [-0.15, -0.1) is 36.4 Å². The van der Waals surface area contributed by atoms with Crippen molar-refractivity contribution in [2.75, 3.05) is 17.5 Å². The van der Waals surface area contributed by atoms with Crippen LogP contribution in [0.3, 0.4) is 0 Å². The molecule has 0 bridgehead atoms. The number of hydrogen-bond acceptors (Lipinski definition) is 4. The molecule has 0 saturated carbocycles.